The molecule has 0 saturated carbocycles. The number of ether oxygens (including phenoxy) is 2. The van der Waals surface area contributed by atoms with Crippen molar-refractivity contribution in [2.45, 2.75) is 19.9 Å². The summed E-state index contributed by atoms with van der Waals surface area (Å²) in [5.74, 6) is 0.721. The highest BCUT2D eigenvalue weighted by Gasteiger charge is 2.25. The number of nitrogens with one attached hydrogen (secondary N) is 1. The Morgan fingerprint density at radius 2 is 1.88 bits per heavy atom. The summed E-state index contributed by atoms with van der Waals surface area (Å²) in [7, 11) is -1.92. The molecule has 0 aliphatic carbocycles. The number of nitrogens with zero attached hydrogens (tertiary/aromatic N) is 2. The van der Waals surface area contributed by atoms with Crippen molar-refractivity contribution in [1.82, 2.24) is 14.5 Å². The van der Waals surface area contributed by atoms with Gasteiger partial charge in [-0.2, -0.15) is 0 Å². The zero-order valence-electron chi connectivity index (χ0n) is 19.5. The van der Waals surface area contributed by atoms with Crippen molar-refractivity contribution in [1.29, 1.82) is 0 Å². The van der Waals surface area contributed by atoms with Gasteiger partial charge in [0.25, 0.3) is 0 Å². The molecule has 8 nitrogen and oxygen atoms in total. The minimum atomic E-state index is -3.45. The molecule has 2 aromatic carbocycles. The fraction of sp³-hybridized carbons (Fsp3) is 0.280. The lowest BCUT2D eigenvalue weighted by Gasteiger charge is -2.20. The maximum atomic E-state index is 13.1. The van der Waals surface area contributed by atoms with Crippen molar-refractivity contribution >= 4 is 21.0 Å². The van der Waals surface area contributed by atoms with Gasteiger partial charge in [0.15, 0.2) is 17.1 Å². The molecule has 0 saturated heterocycles. The standard InChI is InChI=1S/C25H27N3O5S/c1-5-33-23-13-17(10-11-22(23)32-3)21(15-34(4,30)31)28-24-20(27-25(28)29)12-18(14-26-24)19-9-7-6-8-16(19)2/h6-14,21H,5,15H2,1-4H3,(H,27,29)/t21-/m0/s1. The van der Waals surface area contributed by atoms with Gasteiger partial charge < -0.3 is 14.5 Å². The van der Waals surface area contributed by atoms with Crippen LogP contribution in [-0.2, 0) is 9.84 Å². The molecule has 1 atom stereocenters. The lowest BCUT2D eigenvalue weighted by Crippen LogP contribution is -2.28. The monoisotopic (exact) mass is 481 g/mol. The van der Waals surface area contributed by atoms with E-state index >= 15 is 0 Å². The Hall–Kier alpha value is -3.59. The molecule has 0 aliphatic heterocycles. The summed E-state index contributed by atoms with van der Waals surface area (Å²) in [5.41, 5.74) is 4.03. The molecule has 34 heavy (non-hydrogen) atoms. The third kappa shape index (κ3) is 4.70. The fourth-order valence-corrected chi connectivity index (χ4v) is 5.04. The molecule has 4 aromatic rings. The quantitative estimate of drug-likeness (QED) is 0.411. The summed E-state index contributed by atoms with van der Waals surface area (Å²) in [6.07, 6.45) is 2.85. The molecule has 0 fully saturated rings. The maximum Gasteiger partial charge on any atom is 0.328 e. The van der Waals surface area contributed by atoms with E-state index in [-0.39, 0.29) is 5.75 Å². The summed E-state index contributed by atoms with van der Waals surface area (Å²) >= 11 is 0. The number of hydrogen-bond acceptors (Lipinski definition) is 6. The first kappa shape index (κ1) is 23.6. The second-order valence-electron chi connectivity index (χ2n) is 8.16. The van der Waals surface area contributed by atoms with Crippen LogP contribution < -0.4 is 15.2 Å². The molecule has 1 N–H and O–H groups in total. The van der Waals surface area contributed by atoms with Crippen LogP contribution in [0.1, 0.15) is 24.1 Å². The van der Waals surface area contributed by atoms with Crippen LogP contribution in [0.5, 0.6) is 11.5 Å². The van der Waals surface area contributed by atoms with Crippen LogP contribution in [0.25, 0.3) is 22.3 Å². The van der Waals surface area contributed by atoms with E-state index in [9.17, 15) is 13.2 Å². The van der Waals surface area contributed by atoms with Crippen LogP contribution in [-0.4, -0.2) is 48.7 Å². The van der Waals surface area contributed by atoms with Gasteiger partial charge in [0, 0.05) is 18.0 Å². The molecular formula is C25H27N3O5S. The van der Waals surface area contributed by atoms with E-state index in [0.29, 0.717) is 34.8 Å². The van der Waals surface area contributed by atoms with Crippen molar-refractivity contribution < 1.29 is 17.9 Å². The Kier molecular flexibility index (Phi) is 6.47. The zero-order valence-corrected chi connectivity index (χ0v) is 20.3. The van der Waals surface area contributed by atoms with Gasteiger partial charge in [-0.25, -0.2) is 18.2 Å². The van der Waals surface area contributed by atoms with E-state index in [1.54, 1.807) is 24.4 Å². The number of benzene rings is 2. The highest BCUT2D eigenvalue weighted by Crippen LogP contribution is 2.33. The highest BCUT2D eigenvalue weighted by molar-refractivity contribution is 7.90. The number of fused-ring (bicyclic) bond motifs is 1. The van der Waals surface area contributed by atoms with E-state index < -0.39 is 21.6 Å². The second kappa shape index (κ2) is 9.34. The van der Waals surface area contributed by atoms with Gasteiger partial charge in [-0.1, -0.05) is 30.3 Å². The number of aryl methyl sites for hydroxylation is 1. The molecule has 4 rings (SSSR count). The molecule has 0 unspecified atom stereocenters. The zero-order chi connectivity index (χ0) is 24.5. The van der Waals surface area contributed by atoms with E-state index in [4.69, 9.17) is 9.47 Å². The van der Waals surface area contributed by atoms with E-state index in [2.05, 4.69) is 9.97 Å². The molecule has 9 heteroatoms. The third-order valence-corrected chi connectivity index (χ3v) is 6.58. The molecule has 0 aliphatic rings. The minimum Gasteiger partial charge on any atom is -0.493 e. The smallest absolute Gasteiger partial charge is 0.328 e. The maximum absolute atomic E-state index is 13.1. The average molecular weight is 482 g/mol. The van der Waals surface area contributed by atoms with Crippen LogP contribution in [0.15, 0.2) is 59.5 Å². The van der Waals surface area contributed by atoms with Gasteiger partial charge in [-0.15, -0.1) is 0 Å². The van der Waals surface area contributed by atoms with E-state index in [1.165, 1.54) is 11.7 Å². The third-order valence-electron chi connectivity index (χ3n) is 5.66. The Morgan fingerprint density at radius 3 is 2.56 bits per heavy atom. The van der Waals surface area contributed by atoms with Gasteiger partial charge in [0.1, 0.15) is 9.84 Å². The molecule has 2 heterocycles. The molecule has 0 radical (unpaired) electrons. The fourth-order valence-electron chi connectivity index (χ4n) is 4.12. The SMILES string of the molecule is CCOc1cc([C@H](CS(C)(=O)=O)n2c(=O)[nH]c3cc(-c4ccccc4C)cnc32)ccc1OC. The summed E-state index contributed by atoms with van der Waals surface area (Å²) in [4.78, 5) is 20.5. The number of pyridine rings is 1. The van der Waals surface area contributed by atoms with Gasteiger partial charge in [0.05, 0.1) is 31.0 Å². The molecule has 2 aromatic heterocycles. The number of sulfone groups is 1. The number of aromatic nitrogens is 3. The number of hydrogen-bond donors (Lipinski definition) is 1. The molecule has 178 valence electrons. The number of rotatable bonds is 8. The molecule has 0 amide bonds. The van der Waals surface area contributed by atoms with Crippen molar-refractivity contribution in [3.63, 3.8) is 0 Å². The molecule has 0 spiro atoms. The van der Waals surface area contributed by atoms with Gasteiger partial charge >= 0.3 is 5.69 Å². The van der Waals surface area contributed by atoms with Crippen molar-refractivity contribution in [2.75, 3.05) is 25.7 Å². The lowest BCUT2D eigenvalue weighted by atomic mass is 10.0. The van der Waals surface area contributed by atoms with Crippen LogP contribution in [0, 0.1) is 6.92 Å². The van der Waals surface area contributed by atoms with E-state index in [0.717, 1.165) is 22.9 Å². The first-order chi connectivity index (χ1) is 16.2. The van der Waals surface area contributed by atoms with Crippen molar-refractivity contribution in [3.8, 4) is 22.6 Å². The largest absolute Gasteiger partial charge is 0.493 e. The average Bonchev–Trinajstić information content (AvgIpc) is 3.12. The normalized spacial score (nSPS) is 12.6. The van der Waals surface area contributed by atoms with Gasteiger partial charge in [-0.3, -0.25) is 4.57 Å². The number of methoxy groups -OCH3 is 1. The highest BCUT2D eigenvalue weighted by atomic mass is 32.2. The molecule has 0 bridgehead atoms. The Balaban J connectivity index is 1.89. The Labute approximate surface area is 198 Å². The first-order valence-electron chi connectivity index (χ1n) is 10.9. The van der Waals surface area contributed by atoms with Crippen LogP contribution in [0.2, 0.25) is 0 Å². The predicted octanol–water partition coefficient (Wildman–Crippen LogP) is 3.74. The van der Waals surface area contributed by atoms with Crippen LogP contribution in [0.3, 0.4) is 0 Å². The van der Waals surface area contributed by atoms with Crippen LogP contribution >= 0.6 is 0 Å². The Morgan fingerprint density at radius 1 is 1.12 bits per heavy atom. The van der Waals surface area contributed by atoms with Crippen molar-refractivity contribution in [3.05, 3.63) is 76.3 Å². The number of H-pyrrole nitrogens is 1. The van der Waals surface area contributed by atoms with Crippen LogP contribution in [0.4, 0.5) is 0 Å². The summed E-state index contributed by atoms with van der Waals surface area (Å²) in [6.45, 7) is 4.27. The summed E-state index contributed by atoms with van der Waals surface area (Å²) in [5, 5.41) is 0. The minimum absolute atomic E-state index is 0.279. The topological polar surface area (TPSA) is 103 Å². The predicted molar refractivity (Wildman–Crippen MR) is 133 cm³/mol. The lowest BCUT2D eigenvalue weighted by molar-refractivity contribution is 0.310. The van der Waals surface area contributed by atoms with E-state index in [1.807, 2.05) is 44.2 Å². The summed E-state index contributed by atoms with van der Waals surface area (Å²) < 4.78 is 37.2. The first-order valence-corrected chi connectivity index (χ1v) is 12.9. The van der Waals surface area contributed by atoms with Gasteiger partial charge in [0.2, 0.25) is 0 Å². The number of aromatic amines is 1. The van der Waals surface area contributed by atoms with Crippen molar-refractivity contribution in [2.24, 2.45) is 0 Å². The number of imidazole rings is 1. The molecular weight excluding hydrogens is 454 g/mol. The summed E-state index contributed by atoms with van der Waals surface area (Å²) in [6, 6.07) is 14.1. The second-order valence-corrected chi connectivity index (χ2v) is 10.3. The Bertz CT molecular complexity index is 1500. The van der Waals surface area contributed by atoms with Gasteiger partial charge in [-0.05, 0) is 48.7 Å².